The third-order valence-corrected chi connectivity index (χ3v) is 2.46. The van der Waals surface area contributed by atoms with E-state index in [1.54, 1.807) is 13.8 Å². The highest BCUT2D eigenvalue weighted by Crippen LogP contribution is 2.21. The Morgan fingerprint density at radius 3 is 2.42 bits per heavy atom. The smallest absolute Gasteiger partial charge is 0.109 e. The van der Waals surface area contributed by atoms with Crippen LogP contribution in [0.15, 0.2) is 16.7 Å². The van der Waals surface area contributed by atoms with E-state index in [0.29, 0.717) is 5.69 Å². The standard InChI is InChI=1S/C9H12BrNO/c1-6-4-5-7(9(2,3)12)11-8(6)10/h4-5,12H,1-3H3. The van der Waals surface area contributed by atoms with Crippen molar-refractivity contribution in [1.29, 1.82) is 0 Å². The number of hydrogen-bond acceptors (Lipinski definition) is 2. The van der Waals surface area contributed by atoms with Gasteiger partial charge in [0.05, 0.1) is 5.69 Å². The molecular weight excluding hydrogens is 218 g/mol. The van der Waals surface area contributed by atoms with E-state index in [0.717, 1.165) is 10.2 Å². The van der Waals surface area contributed by atoms with Gasteiger partial charge >= 0.3 is 0 Å². The highest BCUT2D eigenvalue weighted by Gasteiger charge is 2.17. The molecule has 0 aliphatic heterocycles. The molecule has 1 heterocycles. The maximum absolute atomic E-state index is 9.62. The summed E-state index contributed by atoms with van der Waals surface area (Å²) in [6.07, 6.45) is 0. The van der Waals surface area contributed by atoms with Gasteiger partial charge < -0.3 is 5.11 Å². The zero-order valence-corrected chi connectivity index (χ0v) is 9.01. The second kappa shape index (κ2) is 3.15. The monoisotopic (exact) mass is 229 g/mol. The summed E-state index contributed by atoms with van der Waals surface area (Å²) in [4.78, 5) is 4.21. The molecule has 0 radical (unpaired) electrons. The van der Waals surface area contributed by atoms with Crippen LogP contribution in [-0.2, 0) is 5.60 Å². The molecule has 66 valence electrons. The van der Waals surface area contributed by atoms with Crippen LogP contribution in [0, 0.1) is 6.92 Å². The fourth-order valence-corrected chi connectivity index (χ4v) is 1.17. The molecule has 1 aromatic rings. The molecule has 0 saturated carbocycles. The van der Waals surface area contributed by atoms with Crippen molar-refractivity contribution in [1.82, 2.24) is 4.98 Å². The molecular formula is C9H12BrNO. The molecule has 1 rings (SSSR count). The van der Waals surface area contributed by atoms with Gasteiger partial charge in [0.1, 0.15) is 10.2 Å². The Hall–Kier alpha value is -0.410. The minimum absolute atomic E-state index is 0.681. The van der Waals surface area contributed by atoms with E-state index in [1.165, 1.54) is 0 Å². The predicted octanol–water partition coefficient (Wildman–Crippen LogP) is 2.38. The number of aromatic nitrogens is 1. The molecule has 3 heteroatoms. The van der Waals surface area contributed by atoms with Gasteiger partial charge in [-0.2, -0.15) is 0 Å². The quantitative estimate of drug-likeness (QED) is 0.751. The van der Waals surface area contributed by atoms with Gasteiger partial charge in [0.25, 0.3) is 0 Å². The van der Waals surface area contributed by atoms with E-state index in [-0.39, 0.29) is 0 Å². The first-order valence-corrected chi connectivity index (χ1v) is 4.56. The van der Waals surface area contributed by atoms with E-state index in [4.69, 9.17) is 0 Å². The number of halogens is 1. The molecule has 12 heavy (non-hydrogen) atoms. The molecule has 0 aliphatic rings. The van der Waals surface area contributed by atoms with Crippen molar-refractivity contribution < 1.29 is 5.11 Å². The van der Waals surface area contributed by atoms with Crippen LogP contribution < -0.4 is 0 Å². The van der Waals surface area contributed by atoms with Crippen LogP contribution >= 0.6 is 15.9 Å². The van der Waals surface area contributed by atoms with Gasteiger partial charge in [-0.25, -0.2) is 4.98 Å². The van der Waals surface area contributed by atoms with Crippen LogP contribution in [0.5, 0.6) is 0 Å². The fourth-order valence-electron chi connectivity index (χ4n) is 0.845. The second-order valence-corrected chi connectivity index (χ2v) is 4.11. The average molecular weight is 230 g/mol. The molecule has 0 aromatic carbocycles. The third-order valence-electron chi connectivity index (χ3n) is 1.66. The van der Waals surface area contributed by atoms with Crippen molar-refractivity contribution in [3.63, 3.8) is 0 Å². The largest absolute Gasteiger partial charge is 0.384 e. The fraction of sp³-hybridized carbons (Fsp3) is 0.444. The van der Waals surface area contributed by atoms with Gasteiger partial charge in [0.2, 0.25) is 0 Å². The van der Waals surface area contributed by atoms with Gasteiger partial charge in [0, 0.05) is 0 Å². The predicted molar refractivity (Wildman–Crippen MR) is 51.9 cm³/mol. The normalized spacial score (nSPS) is 11.8. The Kier molecular flexibility index (Phi) is 2.54. The molecule has 0 bridgehead atoms. The molecule has 0 unspecified atom stereocenters. The Balaban J connectivity index is 3.14. The third kappa shape index (κ3) is 2.05. The molecule has 0 saturated heterocycles. The van der Waals surface area contributed by atoms with Gasteiger partial charge in [-0.15, -0.1) is 0 Å². The van der Waals surface area contributed by atoms with E-state index < -0.39 is 5.60 Å². The van der Waals surface area contributed by atoms with Crippen LogP contribution in [0.2, 0.25) is 0 Å². The van der Waals surface area contributed by atoms with Gasteiger partial charge in [0.15, 0.2) is 0 Å². The topological polar surface area (TPSA) is 33.1 Å². The van der Waals surface area contributed by atoms with E-state index in [1.807, 2.05) is 19.1 Å². The average Bonchev–Trinajstić information content (AvgIpc) is 1.92. The van der Waals surface area contributed by atoms with Crippen LogP contribution in [0.4, 0.5) is 0 Å². The molecule has 0 spiro atoms. The summed E-state index contributed by atoms with van der Waals surface area (Å²) < 4.78 is 0.794. The Morgan fingerprint density at radius 1 is 1.42 bits per heavy atom. The maximum atomic E-state index is 9.62. The molecule has 1 N–H and O–H groups in total. The number of hydrogen-bond donors (Lipinski definition) is 1. The lowest BCUT2D eigenvalue weighted by molar-refractivity contribution is 0.0737. The minimum atomic E-state index is -0.865. The molecule has 0 fully saturated rings. The van der Waals surface area contributed by atoms with Crippen LogP contribution in [-0.4, -0.2) is 10.1 Å². The van der Waals surface area contributed by atoms with Crippen molar-refractivity contribution in [2.75, 3.05) is 0 Å². The van der Waals surface area contributed by atoms with Gasteiger partial charge in [-0.1, -0.05) is 6.07 Å². The number of aryl methyl sites for hydroxylation is 1. The number of pyridine rings is 1. The van der Waals surface area contributed by atoms with Crippen LogP contribution in [0.25, 0.3) is 0 Å². The van der Waals surface area contributed by atoms with E-state index in [2.05, 4.69) is 20.9 Å². The summed E-state index contributed by atoms with van der Waals surface area (Å²) in [5, 5.41) is 9.62. The Bertz CT molecular complexity index is 291. The summed E-state index contributed by atoms with van der Waals surface area (Å²) in [5.74, 6) is 0. The van der Waals surface area contributed by atoms with Crippen molar-refractivity contribution in [3.8, 4) is 0 Å². The van der Waals surface area contributed by atoms with Crippen molar-refractivity contribution in [3.05, 3.63) is 28.0 Å². The molecule has 0 amide bonds. The molecule has 0 aliphatic carbocycles. The van der Waals surface area contributed by atoms with Crippen molar-refractivity contribution in [2.45, 2.75) is 26.4 Å². The highest BCUT2D eigenvalue weighted by molar-refractivity contribution is 9.10. The molecule has 2 nitrogen and oxygen atoms in total. The molecule has 0 atom stereocenters. The summed E-state index contributed by atoms with van der Waals surface area (Å²) in [7, 11) is 0. The first-order valence-electron chi connectivity index (χ1n) is 3.77. The Labute approximate surface area is 80.8 Å². The van der Waals surface area contributed by atoms with Gasteiger partial charge in [-0.05, 0) is 48.3 Å². The minimum Gasteiger partial charge on any atom is -0.384 e. The zero-order valence-electron chi connectivity index (χ0n) is 7.43. The van der Waals surface area contributed by atoms with Gasteiger partial charge in [-0.3, -0.25) is 0 Å². The van der Waals surface area contributed by atoms with E-state index in [9.17, 15) is 5.11 Å². The highest BCUT2D eigenvalue weighted by atomic mass is 79.9. The lowest BCUT2D eigenvalue weighted by atomic mass is 10.0. The Morgan fingerprint density at radius 2 is 2.00 bits per heavy atom. The second-order valence-electron chi connectivity index (χ2n) is 3.36. The lowest BCUT2D eigenvalue weighted by Gasteiger charge is -2.16. The van der Waals surface area contributed by atoms with Crippen molar-refractivity contribution >= 4 is 15.9 Å². The van der Waals surface area contributed by atoms with Crippen molar-refractivity contribution in [2.24, 2.45) is 0 Å². The first-order chi connectivity index (χ1) is 5.41. The summed E-state index contributed by atoms with van der Waals surface area (Å²) in [6.45, 7) is 5.40. The summed E-state index contributed by atoms with van der Waals surface area (Å²) in [5.41, 5.74) is 0.888. The number of nitrogens with zero attached hydrogens (tertiary/aromatic N) is 1. The summed E-state index contributed by atoms with van der Waals surface area (Å²) >= 11 is 3.32. The SMILES string of the molecule is Cc1ccc(C(C)(C)O)nc1Br. The van der Waals surface area contributed by atoms with E-state index >= 15 is 0 Å². The number of aliphatic hydroxyl groups is 1. The number of rotatable bonds is 1. The maximum Gasteiger partial charge on any atom is 0.109 e. The molecule has 1 aromatic heterocycles. The lowest BCUT2D eigenvalue weighted by Crippen LogP contribution is -2.17. The van der Waals surface area contributed by atoms with Crippen LogP contribution in [0.3, 0.4) is 0 Å². The summed E-state index contributed by atoms with van der Waals surface area (Å²) in [6, 6.07) is 3.77. The first kappa shape index (κ1) is 9.68. The van der Waals surface area contributed by atoms with Crippen LogP contribution in [0.1, 0.15) is 25.1 Å². The zero-order chi connectivity index (χ0) is 9.35.